The van der Waals surface area contributed by atoms with Crippen LogP contribution in [0.15, 0.2) is 100 Å². The predicted molar refractivity (Wildman–Crippen MR) is 155 cm³/mol. The van der Waals surface area contributed by atoms with Gasteiger partial charge in [0.25, 0.3) is 5.56 Å². The van der Waals surface area contributed by atoms with Gasteiger partial charge in [-0.3, -0.25) is 9.36 Å². The Bertz CT molecular complexity index is 1930. The zero-order valence-electron chi connectivity index (χ0n) is 21.9. The summed E-state index contributed by atoms with van der Waals surface area (Å²) < 4.78 is 9.87. The quantitative estimate of drug-likeness (QED) is 0.307. The van der Waals surface area contributed by atoms with Gasteiger partial charge in [-0.15, -0.1) is 0 Å². The maximum absolute atomic E-state index is 14.1. The van der Waals surface area contributed by atoms with Crippen molar-refractivity contribution < 1.29 is 9.53 Å². The number of aryl methyl sites for hydroxylation is 1. The van der Waals surface area contributed by atoms with Crippen LogP contribution in [0.1, 0.15) is 35.3 Å². The number of carbonyl (C=O) groups is 1. The smallest absolute Gasteiger partial charge is 0.338 e. The summed E-state index contributed by atoms with van der Waals surface area (Å²) in [4.78, 5) is 33.1. The molecule has 3 heterocycles. The summed E-state index contributed by atoms with van der Waals surface area (Å²) in [7, 11) is 2.03. The Morgan fingerprint density at radius 3 is 2.38 bits per heavy atom. The highest BCUT2D eigenvalue weighted by Gasteiger charge is 2.35. The fourth-order valence-corrected chi connectivity index (χ4v) is 6.24. The van der Waals surface area contributed by atoms with Crippen LogP contribution in [0.2, 0.25) is 0 Å². The van der Waals surface area contributed by atoms with Crippen molar-refractivity contribution in [2.75, 3.05) is 6.61 Å². The number of aromatic nitrogens is 2. The number of hydrogen-bond donors (Lipinski definition) is 0. The van der Waals surface area contributed by atoms with E-state index in [1.165, 1.54) is 11.3 Å². The van der Waals surface area contributed by atoms with E-state index in [2.05, 4.69) is 23.6 Å². The minimum Gasteiger partial charge on any atom is -0.463 e. The first-order valence-electron chi connectivity index (χ1n) is 12.9. The van der Waals surface area contributed by atoms with Gasteiger partial charge in [0, 0.05) is 34.8 Å². The van der Waals surface area contributed by atoms with Gasteiger partial charge in [-0.25, -0.2) is 9.79 Å². The maximum Gasteiger partial charge on any atom is 0.338 e. The van der Waals surface area contributed by atoms with E-state index >= 15 is 0 Å². The molecule has 1 aliphatic heterocycles. The Hall–Kier alpha value is -4.49. The van der Waals surface area contributed by atoms with Crippen molar-refractivity contribution in [1.29, 1.82) is 0 Å². The second-order valence-electron chi connectivity index (χ2n) is 9.42. The largest absolute Gasteiger partial charge is 0.463 e. The zero-order chi connectivity index (χ0) is 27.1. The molecule has 0 spiro atoms. The summed E-state index contributed by atoms with van der Waals surface area (Å²) in [6.07, 6.45) is 1.96. The van der Waals surface area contributed by atoms with Gasteiger partial charge in [0.1, 0.15) is 0 Å². The number of nitrogens with zero attached hydrogens (tertiary/aromatic N) is 3. The summed E-state index contributed by atoms with van der Waals surface area (Å²) in [5.74, 6) is -0.479. The Balaban J connectivity index is 1.67. The van der Waals surface area contributed by atoms with Crippen LogP contribution in [0.3, 0.4) is 0 Å². The van der Waals surface area contributed by atoms with Crippen molar-refractivity contribution in [2.24, 2.45) is 12.0 Å². The monoisotopic (exact) mass is 533 g/mol. The minimum absolute atomic E-state index is 0.186. The van der Waals surface area contributed by atoms with E-state index in [4.69, 9.17) is 9.73 Å². The third-order valence-corrected chi connectivity index (χ3v) is 8.20. The first-order valence-corrected chi connectivity index (χ1v) is 13.7. The number of fused-ring (bicyclic) bond motifs is 2. The zero-order valence-corrected chi connectivity index (χ0v) is 22.7. The molecule has 3 aromatic carbocycles. The van der Waals surface area contributed by atoms with E-state index in [0.29, 0.717) is 20.6 Å². The molecule has 39 heavy (non-hydrogen) atoms. The first kappa shape index (κ1) is 24.8. The lowest BCUT2D eigenvalue weighted by Gasteiger charge is -2.25. The molecule has 0 saturated heterocycles. The number of carbonyl (C=O) groups excluding carboxylic acids is 1. The molecular formula is C32H27N3O3S. The lowest BCUT2D eigenvalue weighted by molar-refractivity contribution is -0.138. The Kier molecular flexibility index (Phi) is 6.37. The lowest BCUT2D eigenvalue weighted by Crippen LogP contribution is -2.40. The van der Waals surface area contributed by atoms with Crippen LogP contribution in [0.25, 0.3) is 22.7 Å². The van der Waals surface area contributed by atoms with Gasteiger partial charge in [-0.05, 0) is 31.6 Å². The van der Waals surface area contributed by atoms with Gasteiger partial charge < -0.3 is 9.30 Å². The van der Waals surface area contributed by atoms with E-state index in [1.807, 2.05) is 85.9 Å². The van der Waals surface area contributed by atoms with Crippen LogP contribution in [0.4, 0.5) is 0 Å². The van der Waals surface area contributed by atoms with Crippen molar-refractivity contribution in [3.63, 3.8) is 0 Å². The second kappa shape index (κ2) is 10.0. The van der Waals surface area contributed by atoms with Crippen molar-refractivity contribution in [2.45, 2.75) is 19.9 Å². The summed E-state index contributed by atoms with van der Waals surface area (Å²) in [5, 5.41) is 1.08. The average molecular weight is 534 g/mol. The Labute approximate surface area is 229 Å². The number of para-hydroxylation sites is 1. The van der Waals surface area contributed by atoms with Crippen LogP contribution >= 0.6 is 11.3 Å². The molecule has 1 atom stereocenters. The van der Waals surface area contributed by atoms with Crippen molar-refractivity contribution in [3.8, 4) is 0 Å². The lowest BCUT2D eigenvalue weighted by atomic mass is 9.93. The maximum atomic E-state index is 14.1. The molecule has 0 fully saturated rings. The number of ether oxygens (including phenoxy) is 1. The Morgan fingerprint density at radius 2 is 1.67 bits per heavy atom. The number of hydrogen-bond acceptors (Lipinski definition) is 5. The van der Waals surface area contributed by atoms with Gasteiger partial charge in [-0.1, -0.05) is 90.2 Å². The predicted octanol–water partition coefficient (Wildman–Crippen LogP) is 4.74. The molecule has 0 aliphatic carbocycles. The molecule has 0 bridgehead atoms. The second-order valence-corrected chi connectivity index (χ2v) is 10.4. The molecular weight excluding hydrogens is 506 g/mol. The van der Waals surface area contributed by atoms with Crippen molar-refractivity contribution in [3.05, 3.63) is 133 Å². The van der Waals surface area contributed by atoms with Gasteiger partial charge in [0.15, 0.2) is 4.80 Å². The molecule has 1 aliphatic rings. The van der Waals surface area contributed by atoms with Crippen LogP contribution < -0.4 is 14.9 Å². The van der Waals surface area contributed by atoms with Crippen molar-refractivity contribution >= 4 is 40.0 Å². The highest BCUT2D eigenvalue weighted by atomic mass is 32.1. The normalized spacial score (nSPS) is 15.4. The van der Waals surface area contributed by atoms with E-state index in [0.717, 1.165) is 33.3 Å². The summed E-state index contributed by atoms with van der Waals surface area (Å²) >= 11 is 1.34. The van der Waals surface area contributed by atoms with Crippen LogP contribution in [0.5, 0.6) is 0 Å². The van der Waals surface area contributed by atoms with Crippen LogP contribution in [-0.2, 0) is 16.6 Å². The Morgan fingerprint density at radius 1 is 1.00 bits per heavy atom. The number of esters is 1. The fraction of sp³-hybridized carbons (Fsp3) is 0.156. The van der Waals surface area contributed by atoms with E-state index < -0.39 is 12.0 Å². The summed E-state index contributed by atoms with van der Waals surface area (Å²) in [6, 6.07) is 26.7. The number of thiazole rings is 1. The van der Waals surface area contributed by atoms with E-state index in [9.17, 15) is 9.59 Å². The summed E-state index contributed by atoms with van der Waals surface area (Å²) in [6.45, 7) is 4.05. The summed E-state index contributed by atoms with van der Waals surface area (Å²) in [5.41, 5.74) is 5.48. The SMILES string of the molecule is CCOC(=O)C1=C(c2ccccc2)N=c2s/c(=C\c3c(C)n(C)c4ccccc34)c(=O)n2[C@@H]1c1ccccc1. The van der Waals surface area contributed by atoms with E-state index in [1.54, 1.807) is 11.5 Å². The highest BCUT2D eigenvalue weighted by Crippen LogP contribution is 2.35. The molecule has 0 unspecified atom stereocenters. The third kappa shape index (κ3) is 4.15. The fourth-order valence-electron chi connectivity index (χ4n) is 5.25. The van der Waals surface area contributed by atoms with Crippen molar-refractivity contribution in [1.82, 2.24) is 9.13 Å². The molecule has 0 radical (unpaired) electrons. The molecule has 2 aromatic heterocycles. The third-order valence-electron chi connectivity index (χ3n) is 7.21. The van der Waals surface area contributed by atoms with Crippen LogP contribution in [-0.4, -0.2) is 21.7 Å². The molecule has 6 rings (SSSR count). The first-order chi connectivity index (χ1) is 19.0. The molecule has 0 amide bonds. The van der Waals surface area contributed by atoms with Gasteiger partial charge in [0.2, 0.25) is 0 Å². The van der Waals surface area contributed by atoms with Gasteiger partial charge in [0.05, 0.1) is 28.5 Å². The van der Waals surface area contributed by atoms with Gasteiger partial charge in [-0.2, -0.15) is 0 Å². The van der Waals surface area contributed by atoms with E-state index in [-0.39, 0.29) is 12.2 Å². The number of benzene rings is 3. The van der Waals surface area contributed by atoms with Crippen LogP contribution in [0, 0.1) is 6.92 Å². The number of rotatable bonds is 5. The average Bonchev–Trinajstić information content (AvgIpc) is 3.41. The molecule has 194 valence electrons. The molecule has 5 aromatic rings. The molecule has 7 heteroatoms. The minimum atomic E-state index is -0.674. The van der Waals surface area contributed by atoms with Gasteiger partial charge >= 0.3 is 5.97 Å². The standard InChI is InChI=1S/C32H27N3O3S/c1-4-38-31(37)27-28(21-13-7-5-8-14-21)33-32-35(29(27)22-15-9-6-10-16-22)30(36)26(39-32)19-24-20(2)34(3)25-18-12-11-17-23(24)25/h5-19,29H,4H2,1-3H3/b26-19-/t29-/m1/s1. The highest BCUT2D eigenvalue weighted by molar-refractivity contribution is 7.07. The topological polar surface area (TPSA) is 65.6 Å². The molecule has 0 saturated carbocycles. The molecule has 0 N–H and O–H groups in total. The molecule has 6 nitrogen and oxygen atoms in total.